The van der Waals surface area contributed by atoms with Gasteiger partial charge in [0.15, 0.2) is 0 Å². The van der Waals surface area contributed by atoms with Gasteiger partial charge in [-0.3, -0.25) is 4.90 Å². The smallest absolute Gasteiger partial charge is 0.414 e. The SMILES string of the molecule is O=C1OC(CCO)CN1c1ccccc1F. The second-order valence-electron chi connectivity index (χ2n) is 3.58. The Morgan fingerprint density at radius 2 is 2.25 bits per heavy atom. The molecule has 1 aromatic rings. The Bertz CT molecular complexity index is 397. The van der Waals surface area contributed by atoms with E-state index < -0.39 is 11.9 Å². The van der Waals surface area contributed by atoms with Gasteiger partial charge in [0, 0.05) is 13.0 Å². The number of nitrogens with zero attached hydrogens (tertiary/aromatic N) is 1. The van der Waals surface area contributed by atoms with E-state index in [-0.39, 0.29) is 24.9 Å². The number of anilines is 1. The molecule has 1 aliphatic heterocycles. The molecule has 1 fully saturated rings. The van der Waals surface area contributed by atoms with Crippen molar-refractivity contribution in [3.8, 4) is 0 Å². The number of benzene rings is 1. The molecule has 0 radical (unpaired) electrons. The van der Waals surface area contributed by atoms with Crippen LogP contribution in [0.25, 0.3) is 0 Å². The average molecular weight is 225 g/mol. The van der Waals surface area contributed by atoms with Gasteiger partial charge in [0.2, 0.25) is 0 Å². The van der Waals surface area contributed by atoms with Gasteiger partial charge >= 0.3 is 6.09 Å². The van der Waals surface area contributed by atoms with E-state index in [4.69, 9.17) is 9.84 Å². The van der Waals surface area contributed by atoms with Crippen LogP contribution in [0.2, 0.25) is 0 Å². The summed E-state index contributed by atoms with van der Waals surface area (Å²) in [5.74, 6) is -0.455. The topological polar surface area (TPSA) is 49.8 Å². The molecule has 1 heterocycles. The highest BCUT2D eigenvalue weighted by atomic mass is 19.1. The fourth-order valence-electron chi connectivity index (χ4n) is 1.68. The summed E-state index contributed by atoms with van der Waals surface area (Å²) in [5, 5.41) is 8.74. The number of amides is 1. The lowest BCUT2D eigenvalue weighted by Crippen LogP contribution is -2.25. The van der Waals surface area contributed by atoms with Crippen molar-refractivity contribution in [3.05, 3.63) is 30.1 Å². The van der Waals surface area contributed by atoms with Crippen molar-refractivity contribution in [1.82, 2.24) is 0 Å². The Morgan fingerprint density at radius 3 is 2.94 bits per heavy atom. The maximum atomic E-state index is 13.4. The molecule has 1 amide bonds. The summed E-state index contributed by atoms with van der Waals surface area (Å²) in [5.41, 5.74) is 0.216. The van der Waals surface area contributed by atoms with Gasteiger partial charge in [-0.1, -0.05) is 12.1 Å². The van der Waals surface area contributed by atoms with Gasteiger partial charge in [0.05, 0.1) is 12.2 Å². The normalized spacial score (nSPS) is 20.0. The van der Waals surface area contributed by atoms with Crippen LogP contribution in [0.5, 0.6) is 0 Å². The number of rotatable bonds is 3. The molecule has 0 bridgehead atoms. The van der Waals surface area contributed by atoms with Crippen LogP contribution in [0.1, 0.15) is 6.42 Å². The zero-order chi connectivity index (χ0) is 11.5. The zero-order valence-electron chi connectivity index (χ0n) is 8.60. The summed E-state index contributed by atoms with van der Waals surface area (Å²) in [6.45, 7) is 0.226. The van der Waals surface area contributed by atoms with E-state index in [9.17, 15) is 9.18 Å². The Morgan fingerprint density at radius 1 is 1.50 bits per heavy atom. The highest BCUT2D eigenvalue weighted by Crippen LogP contribution is 2.25. The number of aliphatic hydroxyl groups excluding tert-OH is 1. The molecular weight excluding hydrogens is 213 g/mol. The molecule has 1 aliphatic rings. The van der Waals surface area contributed by atoms with Crippen molar-refractivity contribution >= 4 is 11.8 Å². The number of cyclic esters (lactones) is 1. The van der Waals surface area contributed by atoms with E-state index in [1.165, 1.54) is 17.0 Å². The predicted octanol–water partition coefficient (Wildman–Crippen LogP) is 1.53. The maximum absolute atomic E-state index is 13.4. The van der Waals surface area contributed by atoms with Gasteiger partial charge in [-0.25, -0.2) is 9.18 Å². The average Bonchev–Trinajstić information content (AvgIpc) is 2.61. The van der Waals surface area contributed by atoms with Crippen molar-refractivity contribution in [3.63, 3.8) is 0 Å². The minimum Gasteiger partial charge on any atom is -0.444 e. The van der Waals surface area contributed by atoms with Crippen molar-refractivity contribution in [2.75, 3.05) is 18.1 Å². The second-order valence-corrected chi connectivity index (χ2v) is 3.58. The highest BCUT2D eigenvalue weighted by molar-refractivity contribution is 5.89. The standard InChI is InChI=1S/C11H12FNO3/c12-9-3-1-2-4-10(9)13-7-8(5-6-14)16-11(13)15/h1-4,8,14H,5-7H2. The largest absolute Gasteiger partial charge is 0.444 e. The number of ether oxygens (including phenoxy) is 1. The number of halogens is 1. The molecule has 1 N–H and O–H groups in total. The van der Waals surface area contributed by atoms with Gasteiger partial charge in [0.25, 0.3) is 0 Å². The van der Waals surface area contributed by atoms with Crippen LogP contribution in [0.15, 0.2) is 24.3 Å². The third-order valence-corrected chi connectivity index (χ3v) is 2.47. The van der Waals surface area contributed by atoms with Gasteiger partial charge in [-0.2, -0.15) is 0 Å². The third-order valence-electron chi connectivity index (χ3n) is 2.47. The van der Waals surface area contributed by atoms with E-state index in [0.717, 1.165) is 0 Å². The minimum absolute atomic E-state index is 0.0525. The van der Waals surface area contributed by atoms with Crippen molar-refractivity contribution in [2.24, 2.45) is 0 Å². The second kappa shape index (κ2) is 4.49. The van der Waals surface area contributed by atoms with Crippen LogP contribution >= 0.6 is 0 Å². The van der Waals surface area contributed by atoms with Crippen LogP contribution in [0.4, 0.5) is 14.9 Å². The number of carbonyl (C=O) groups excluding carboxylic acids is 1. The van der Waals surface area contributed by atoms with Crippen LogP contribution in [-0.2, 0) is 4.74 Å². The number of aliphatic hydroxyl groups is 1. The minimum atomic E-state index is -0.566. The first-order chi connectivity index (χ1) is 7.72. The first kappa shape index (κ1) is 10.9. The summed E-state index contributed by atoms with van der Waals surface area (Å²) < 4.78 is 18.4. The van der Waals surface area contributed by atoms with Crippen LogP contribution in [-0.4, -0.2) is 30.5 Å². The van der Waals surface area contributed by atoms with Crippen LogP contribution in [0, 0.1) is 5.82 Å². The van der Waals surface area contributed by atoms with Gasteiger partial charge in [-0.15, -0.1) is 0 Å². The molecule has 0 saturated carbocycles. The van der Waals surface area contributed by atoms with Gasteiger partial charge in [-0.05, 0) is 12.1 Å². The number of carbonyl (C=O) groups is 1. The van der Waals surface area contributed by atoms with Crippen LogP contribution < -0.4 is 4.90 Å². The van der Waals surface area contributed by atoms with Crippen molar-refractivity contribution in [1.29, 1.82) is 0 Å². The van der Waals surface area contributed by atoms with E-state index in [2.05, 4.69) is 0 Å². The molecule has 0 aliphatic carbocycles. The summed E-state index contributed by atoms with van der Waals surface area (Å²) >= 11 is 0. The summed E-state index contributed by atoms with van der Waals surface area (Å²) in [4.78, 5) is 12.7. The summed E-state index contributed by atoms with van der Waals surface area (Å²) in [6, 6.07) is 6.04. The molecule has 1 saturated heterocycles. The summed E-state index contributed by atoms with van der Waals surface area (Å²) in [6.07, 6.45) is -0.558. The van der Waals surface area contributed by atoms with Gasteiger partial charge in [0.1, 0.15) is 11.9 Å². The lowest BCUT2D eigenvalue weighted by molar-refractivity contribution is 0.122. The Labute approximate surface area is 92.2 Å². The highest BCUT2D eigenvalue weighted by Gasteiger charge is 2.33. The summed E-state index contributed by atoms with van der Waals surface area (Å²) in [7, 11) is 0. The van der Waals surface area contributed by atoms with E-state index in [1.807, 2.05) is 0 Å². The lowest BCUT2D eigenvalue weighted by Gasteiger charge is -2.13. The molecule has 1 atom stereocenters. The number of hydrogen-bond acceptors (Lipinski definition) is 3. The van der Waals surface area contributed by atoms with E-state index in [0.29, 0.717) is 6.42 Å². The fraction of sp³-hybridized carbons (Fsp3) is 0.364. The molecule has 5 heteroatoms. The molecule has 16 heavy (non-hydrogen) atoms. The first-order valence-corrected chi connectivity index (χ1v) is 5.06. The molecule has 1 unspecified atom stereocenters. The Kier molecular flexibility index (Phi) is 3.05. The maximum Gasteiger partial charge on any atom is 0.414 e. The Balaban J connectivity index is 2.17. The molecule has 2 rings (SSSR count). The molecule has 1 aromatic carbocycles. The fourth-order valence-corrected chi connectivity index (χ4v) is 1.68. The Hall–Kier alpha value is -1.62. The molecule has 4 nitrogen and oxygen atoms in total. The van der Waals surface area contributed by atoms with Gasteiger partial charge < -0.3 is 9.84 Å². The van der Waals surface area contributed by atoms with Crippen molar-refractivity contribution < 1.29 is 19.0 Å². The number of para-hydroxylation sites is 1. The molecule has 86 valence electrons. The van der Waals surface area contributed by atoms with E-state index >= 15 is 0 Å². The first-order valence-electron chi connectivity index (χ1n) is 5.06. The molecular formula is C11H12FNO3. The zero-order valence-corrected chi connectivity index (χ0v) is 8.60. The lowest BCUT2D eigenvalue weighted by atomic mass is 10.2. The number of hydrogen-bond donors (Lipinski definition) is 1. The quantitative estimate of drug-likeness (QED) is 0.848. The van der Waals surface area contributed by atoms with E-state index in [1.54, 1.807) is 12.1 Å². The van der Waals surface area contributed by atoms with Crippen molar-refractivity contribution in [2.45, 2.75) is 12.5 Å². The molecule has 0 spiro atoms. The third kappa shape index (κ3) is 1.99. The van der Waals surface area contributed by atoms with Crippen LogP contribution in [0.3, 0.4) is 0 Å². The molecule has 0 aromatic heterocycles. The monoisotopic (exact) mass is 225 g/mol. The predicted molar refractivity (Wildman–Crippen MR) is 55.7 cm³/mol.